The third kappa shape index (κ3) is 4.17. The molecule has 0 saturated heterocycles. The van der Waals surface area contributed by atoms with E-state index >= 15 is 0 Å². The maximum Gasteiger partial charge on any atom is 0.225 e. The Labute approximate surface area is 142 Å². The van der Waals surface area contributed by atoms with Gasteiger partial charge in [0.05, 0.1) is 16.8 Å². The molecule has 120 valence electrons. The van der Waals surface area contributed by atoms with Gasteiger partial charge in [-0.1, -0.05) is 6.07 Å². The minimum Gasteiger partial charge on any atom is -0.367 e. The van der Waals surface area contributed by atoms with Gasteiger partial charge < -0.3 is 16.0 Å². The molecule has 3 rings (SSSR count). The maximum absolute atomic E-state index is 10.9. The molecule has 0 aliphatic carbocycles. The van der Waals surface area contributed by atoms with Crippen LogP contribution >= 0.6 is 22.7 Å². The lowest BCUT2D eigenvalue weighted by Gasteiger charge is -2.10. The van der Waals surface area contributed by atoms with Gasteiger partial charge in [-0.25, -0.2) is 4.98 Å². The monoisotopic (exact) mass is 347 g/mol. The van der Waals surface area contributed by atoms with Crippen molar-refractivity contribution in [3.8, 4) is 0 Å². The minimum atomic E-state index is -0.0333. The Bertz CT molecular complexity index is 784. The number of carbonyl (C=O) groups excluding carboxylic acids is 1. The number of hydrogen-bond donors (Lipinski definition) is 3. The largest absolute Gasteiger partial charge is 0.367 e. The summed E-state index contributed by atoms with van der Waals surface area (Å²) in [6.45, 7) is 3.39. The van der Waals surface area contributed by atoms with Crippen molar-refractivity contribution in [3.63, 3.8) is 0 Å². The highest BCUT2D eigenvalue weighted by atomic mass is 32.1. The van der Waals surface area contributed by atoms with E-state index in [-0.39, 0.29) is 5.91 Å². The van der Waals surface area contributed by atoms with Gasteiger partial charge in [0.25, 0.3) is 0 Å². The second-order valence-electron chi connectivity index (χ2n) is 4.87. The summed E-state index contributed by atoms with van der Waals surface area (Å²) >= 11 is 3.30. The Hall–Kier alpha value is -2.19. The summed E-state index contributed by atoms with van der Waals surface area (Å²) in [6.07, 6.45) is 0. The molecular weight excluding hydrogens is 330 g/mol. The van der Waals surface area contributed by atoms with Crippen molar-refractivity contribution in [2.45, 2.75) is 13.5 Å². The highest BCUT2D eigenvalue weighted by Gasteiger charge is 2.09. The van der Waals surface area contributed by atoms with Gasteiger partial charge in [0, 0.05) is 24.9 Å². The predicted molar refractivity (Wildman–Crippen MR) is 96.2 cm³/mol. The van der Waals surface area contributed by atoms with Crippen LogP contribution in [0.15, 0.2) is 29.0 Å². The van der Waals surface area contributed by atoms with Crippen LogP contribution < -0.4 is 16.0 Å². The molecule has 3 heterocycles. The van der Waals surface area contributed by atoms with Gasteiger partial charge in [-0.2, -0.15) is 4.98 Å². The Morgan fingerprint density at radius 1 is 1.13 bits per heavy atom. The third-order valence-electron chi connectivity index (χ3n) is 3.10. The molecule has 0 fully saturated rings. The molecule has 0 atom stereocenters. The van der Waals surface area contributed by atoms with Crippen molar-refractivity contribution in [1.29, 1.82) is 0 Å². The Kier molecular flexibility index (Phi) is 5.04. The number of fused-ring (bicyclic) bond motifs is 1. The highest BCUT2D eigenvalue weighted by molar-refractivity contribution is 7.17. The molecule has 0 aromatic carbocycles. The summed E-state index contributed by atoms with van der Waals surface area (Å²) in [5, 5.41) is 13.3. The van der Waals surface area contributed by atoms with Crippen LogP contribution in [0.5, 0.6) is 0 Å². The van der Waals surface area contributed by atoms with E-state index < -0.39 is 0 Å². The second-order valence-corrected chi connectivity index (χ2v) is 6.82. The van der Waals surface area contributed by atoms with E-state index in [4.69, 9.17) is 0 Å². The zero-order chi connectivity index (χ0) is 16.1. The van der Waals surface area contributed by atoms with Crippen LogP contribution in [0.2, 0.25) is 0 Å². The average Bonchev–Trinajstić information content (AvgIpc) is 3.20. The predicted octanol–water partition coefficient (Wildman–Crippen LogP) is 2.91. The molecule has 8 heteroatoms. The summed E-state index contributed by atoms with van der Waals surface area (Å²) in [5.41, 5.74) is 0.917. The van der Waals surface area contributed by atoms with Gasteiger partial charge in [0.2, 0.25) is 11.9 Å². The molecule has 3 aromatic heterocycles. The van der Waals surface area contributed by atoms with Crippen LogP contribution in [0.25, 0.3) is 10.2 Å². The highest BCUT2D eigenvalue weighted by Crippen LogP contribution is 2.27. The van der Waals surface area contributed by atoms with Crippen molar-refractivity contribution in [2.75, 3.05) is 23.7 Å². The summed E-state index contributed by atoms with van der Waals surface area (Å²) in [4.78, 5) is 21.2. The molecule has 0 bridgehead atoms. The van der Waals surface area contributed by atoms with Gasteiger partial charge in [-0.15, -0.1) is 22.7 Å². The lowest BCUT2D eigenvalue weighted by Crippen LogP contribution is -2.26. The van der Waals surface area contributed by atoms with Crippen molar-refractivity contribution in [2.24, 2.45) is 0 Å². The lowest BCUT2D eigenvalue weighted by atomic mass is 10.4. The maximum atomic E-state index is 10.9. The number of thiophene rings is 2. The summed E-state index contributed by atoms with van der Waals surface area (Å²) < 4.78 is 1.02. The zero-order valence-electron chi connectivity index (χ0n) is 12.6. The van der Waals surface area contributed by atoms with E-state index in [0.29, 0.717) is 25.6 Å². The van der Waals surface area contributed by atoms with Crippen LogP contribution in [-0.4, -0.2) is 29.0 Å². The molecule has 0 spiro atoms. The number of carbonyl (C=O) groups is 1. The fourth-order valence-corrected chi connectivity index (χ4v) is 3.50. The minimum absolute atomic E-state index is 0.0333. The van der Waals surface area contributed by atoms with E-state index in [0.717, 1.165) is 16.0 Å². The molecular formula is C15H17N5OS2. The molecule has 6 nitrogen and oxygen atoms in total. The van der Waals surface area contributed by atoms with E-state index in [2.05, 4.69) is 37.4 Å². The average molecular weight is 347 g/mol. The van der Waals surface area contributed by atoms with Crippen LogP contribution in [0.1, 0.15) is 11.8 Å². The van der Waals surface area contributed by atoms with E-state index in [1.165, 1.54) is 11.8 Å². The van der Waals surface area contributed by atoms with Crippen molar-refractivity contribution < 1.29 is 4.79 Å². The van der Waals surface area contributed by atoms with E-state index in [1.54, 1.807) is 22.7 Å². The topological polar surface area (TPSA) is 78.9 Å². The SMILES string of the molecule is CC(=O)NCCNc1nc(NCc2cccs2)nc2ccsc12. The Balaban J connectivity index is 1.70. The van der Waals surface area contributed by atoms with E-state index in [9.17, 15) is 4.79 Å². The van der Waals surface area contributed by atoms with Crippen LogP contribution in [0.3, 0.4) is 0 Å². The van der Waals surface area contributed by atoms with Crippen molar-refractivity contribution >= 4 is 50.6 Å². The third-order valence-corrected chi connectivity index (χ3v) is 4.88. The summed E-state index contributed by atoms with van der Waals surface area (Å²) in [6, 6.07) is 6.09. The van der Waals surface area contributed by atoms with Gasteiger partial charge in [0.15, 0.2) is 0 Å². The number of nitrogens with zero attached hydrogens (tertiary/aromatic N) is 2. The molecule has 0 aliphatic heterocycles. The number of rotatable bonds is 7. The molecule has 0 unspecified atom stereocenters. The summed E-state index contributed by atoms with van der Waals surface area (Å²) in [7, 11) is 0. The van der Waals surface area contributed by atoms with Crippen molar-refractivity contribution in [3.05, 3.63) is 33.8 Å². The second kappa shape index (κ2) is 7.38. The first-order valence-corrected chi connectivity index (χ1v) is 8.98. The Morgan fingerprint density at radius 3 is 2.83 bits per heavy atom. The van der Waals surface area contributed by atoms with Crippen LogP contribution in [0.4, 0.5) is 11.8 Å². The normalized spacial score (nSPS) is 10.7. The quantitative estimate of drug-likeness (QED) is 0.573. The summed E-state index contributed by atoms with van der Waals surface area (Å²) in [5.74, 6) is 1.37. The number of hydrogen-bond acceptors (Lipinski definition) is 7. The first kappa shape index (κ1) is 15.7. The van der Waals surface area contributed by atoms with Crippen molar-refractivity contribution in [1.82, 2.24) is 15.3 Å². The standard InChI is InChI=1S/C15H17N5OS2/c1-10(21)16-5-6-17-14-13-12(4-8-23-13)19-15(20-14)18-9-11-3-2-7-22-11/h2-4,7-8H,5-6,9H2,1H3,(H,16,21)(H2,17,18,19,20). The zero-order valence-corrected chi connectivity index (χ0v) is 14.3. The van der Waals surface area contributed by atoms with Gasteiger partial charge in [-0.05, 0) is 22.9 Å². The number of anilines is 2. The smallest absolute Gasteiger partial charge is 0.225 e. The molecule has 0 saturated carbocycles. The molecule has 3 aromatic rings. The molecule has 3 N–H and O–H groups in total. The fourth-order valence-electron chi connectivity index (χ4n) is 2.06. The van der Waals surface area contributed by atoms with Crippen LogP contribution in [0, 0.1) is 0 Å². The number of amides is 1. The Morgan fingerprint density at radius 2 is 2.04 bits per heavy atom. The van der Waals surface area contributed by atoms with Gasteiger partial charge in [0.1, 0.15) is 5.82 Å². The van der Waals surface area contributed by atoms with E-state index in [1.807, 2.05) is 17.5 Å². The molecule has 0 radical (unpaired) electrons. The first-order chi connectivity index (χ1) is 11.2. The fraction of sp³-hybridized carbons (Fsp3) is 0.267. The first-order valence-electron chi connectivity index (χ1n) is 7.22. The lowest BCUT2D eigenvalue weighted by molar-refractivity contribution is -0.118. The molecule has 23 heavy (non-hydrogen) atoms. The van der Waals surface area contributed by atoms with Gasteiger partial charge in [-0.3, -0.25) is 4.79 Å². The molecule has 1 amide bonds. The number of nitrogens with one attached hydrogen (secondary N) is 3. The van der Waals surface area contributed by atoms with Crippen LogP contribution in [-0.2, 0) is 11.3 Å². The van der Waals surface area contributed by atoms with Gasteiger partial charge >= 0.3 is 0 Å². The molecule has 0 aliphatic rings. The number of aromatic nitrogens is 2.